The third-order valence-corrected chi connectivity index (χ3v) is 9.39. The number of halogens is 4. The zero-order valence-corrected chi connectivity index (χ0v) is 24.1. The zero-order chi connectivity index (χ0) is 28.8. The van der Waals surface area contributed by atoms with E-state index in [1.807, 2.05) is 22.7 Å². The van der Waals surface area contributed by atoms with Gasteiger partial charge in [-0.2, -0.15) is 4.39 Å². The Kier molecular flexibility index (Phi) is 7.21. The molecular formula is C31H29BrF3N3O3. The molecule has 1 amide bonds. The van der Waals surface area contributed by atoms with Gasteiger partial charge in [0.25, 0.3) is 5.91 Å². The number of nitrogens with one attached hydrogen (secondary N) is 1. The lowest BCUT2D eigenvalue weighted by Crippen LogP contribution is -2.49. The van der Waals surface area contributed by atoms with E-state index in [0.29, 0.717) is 23.9 Å². The molecule has 0 unspecified atom stereocenters. The summed E-state index contributed by atoms with van der Waals surface area (Å²) in [5.74, 6) is -5.18. The molecule has 2 heterocycles. The van der Waals surface area contributed by atoms with Crippen LogP contribution in [-0.4, -0.2) is 28.9 Å². The molecule has 214 valence electrons. The molecule has 6 nitrogen and oxygen atoms in total. The van der Waals surface area contributed by atoms with Crippen molar-refractivity contribution in [3.63, 3.8) is 0 Å². The lowest BCUT2D eigenvalue weighted by molar-refractivity contribution is 0.0368. The molecule has 3 saturated carbocycles. The highest BCUT2D eigenvalue weighted by Gasteiger charge is 2.50. The molecule has 0 spiro atoms. The number of carbonyl (C=O) groups is 1. The molecule has 3 aliphatic rings. The fourth-order valence-electron chi connectivity index (χ4n) is 6.24. The predicted octanol–water partition coefficient (Wildman–Crippen LogP) is 7.12. The van der Waals surface area contributed by atoms with Crippen LogP contribution < -0.4 is 14.8 Å². The predicted molar refractivity (Wildman–Crippen MR) is 151 cm³/mol. The van der Waals surface area contributed by atoms with Crippen molar-refractivity contribution < 1.29 is 27.4 Å². The van der Waals surface area contributed by atoms with Crippen LogP contribution in [0.4, 0.5) is 13.2 Å². The Morgan fingerprint density at radius 2 is 1.73 bits per heavy atom. The number of amides is 1. The van der Waals surface area contributed by atoms with Crippen LogP contribution in [0.5, 0.6) is 11.5 Å². The molecule has 2 aromatic carbocycles. The maximum absolute atomic E-state index is 14.9. The van der Waals surface area contributed by atoms with Crippen molar-refractivity contribution in [1.29, 1.82) is 0 Å². The molecule has 4 aromatic rings. The lowest BCUT2D eigenvalue weighted by atomic mass is 9.53. The Morgan fingerprint density at radius 1 is 1.02 bits per heavy atom. The highest BCUT2D eigenvalue weighted by atomic mass is 79.9. The van der Waals surface area contributed by atoms with Gasteiger partial charge in [0.1, 0.15) is 18.0 Å². The molecule has 1 N–H and O–H groups in total. The minimum absolute atomic E-state index is 0.00424. The third-order valence-electron chi connectivity index (χ3n) is 8.89. The maximum Gasteiger partial charge on any atom is 0.254 e. The largest absolute Gasteiger partial charge is 0.497 e. The fourth-order valence-corrected chi connectivity index (χ4v) is 6.56. The first kappa shape index (κ1) is 27.6. The Bertz CT molecular complexity index is 1600. The van der Waals surface area contributed by atoms with Gasteiger partial charge in [-0.15, -0.1) is 0 Å². The van der Waals surface area contributed by atoms with Crippen molar-refractivity contribution in [2.24, 2.45) is 5.41 Å². The van der Waals surface area contributed by atoms with Crippen LogP contribution in [-0.2, 0) is 12.0 Å². The lowest BCUT2D eigenvalue weighted by Gasteiger charge is -2.53. The van der Waals surface area contributed by atoms with E-state index in [0.717, 1.165) is 54.3 Å². The van der Waals surface area contributed by atoms with E-state index in [-0.39, 0.29) is 17.4 Å². The van der Waals surface area contributed by atoms with Gasteiger partial charge in [0.15, 0.2) is 17.4 Å². The van der Waals surface area contributed by atoms with Crippen molar-refractivity contribution in [3.8, 4) is 11.5 Å². The standard InChI is InChI=1S/C31H29BrF3N3O3/c1-40-21-4-2-19(3-5-21)17-41-28-23(33)15-22(26(34)27(28)35)29(39)36-18-30-7-10-31(11-8-30,12-9-30)24-16-38-13-6-20(32)14-25(38)37-24/h2-6,13-16H,7-12,17-18H2,1H3,(H,36,39)/t30-,31+. The number of carbonyl (C=O) groups excluding carboxylic acids is 1. The van der Waals surface area contributed by atoms with Crippen LogP contribution in [0.15, 0.2) is 59.3 Å². The molecule has 0 aliphatic heterocycles. The van der Waals surface area contributed by atoms with Crippen molar-refractivity contribution in [2.75, 3.05) is 13.7 Å². The first-order valence-electron chi connectivity index (χ1n) is 13.6. The molecule has 0 radical (unpaired) electrons. The summed E-state index contributed by atoms with van der Waals surface area (Å²) in [7, 11) is 1.52. The van der Waals surface area contributed by atoms with Gasteiger partial charge >= 0.3 is 0 Å². The van der Waals surface area contributed by atoms with E-state index in [1.54, 1.807) is 24.3 Å². The normalized spacial score (nSPS) is 21.7. The maximum atomic E-state index is 14.9. The van der Waals surface area contributed by atoms with Crippen molar-refractivity contribution in [2.45, 2.75) is 50.5 Å². The summed E-state index contributed by atoms with van der Waals surface area (Å²) in [5, 5.41) is 2.76. The van der Waals surface area contributed by atoms with E-state index < -0.39 is 34.7 Å². The summed E-state index contributed by atoms with van der Waals surface area (Å²) in [4.78, 5) is 17.8. The molecule has 2 aromatic heterocycles. The second-order valence-corrected chi connectivity index (χ2v) is 12.1. The number of aromatic nitrogens is 2. The zero-order valence-electron chi connectivity index (χ0n) is 22.5. The van der Waals surface area contributed by atoms with Gasteiger partial charge in [0.05, 0.1) is 18.4 Å². The monoisotopic (exact) mass is 627 g/mol. The quantitative estimate of drug-likeness (QED) is 0.211. The molecular weight excluding hydrogens is 599 g/mol. The van der Waals surface area contributed by atoms with Crippen molar-refractivity contribution in [1.82, 2.24) is 14.7 Å². The highest BCUT2D eigenvalue weighted by molar-refractivity contribution is 9.10. The summed E-state index contributed by atoms with van der Waals surface area (Å²) >= 11 is 3.50. The number of nitrogens with zero attached hydrogens (tertiary/aromatic N) is 2. The number of hydrogen-bond donors (Lipinski definition) is 1. The SMILES string of the molecule is COc1ccc(COc2c(F)cc(C(=O)NC[C@]34CC[C@](c5cn6ccc(Br)cc6n5)(CC3)CC4)c(F)c2F)cc1. The average Bonchev–Trinajstić information content (AvgIpc) is 3.43. The minimum atomic E-state index is -1.53. The molecule has 7 rings (SSSR count). The van der Waals surface area contributed by atoms with Gasteiger partial charge < -0.3 is 19.2 Å². The number of fused-ring (bicyclic) bond motifs is 4. The second kappa shape index (κ2) is 10.7. The highest BCUT2D eigenvalue weighted by Crippen LogP contribution is 2.57. The van der Waals surface area contributed by atoms with Crippen LogP contribution in [0.25, 0.3) is 5.65 Å². The summed E-state index contributed by atoms with van der Waals surface area (Å²) in [6.07, 6.45) is 9.56. The van der Waals surface area contributed by atoms with E-state index >= 15 is 0 Å². The number of benzene rings is 2. The van der Waals surface area contributed by atoms with Crippen LogP contribution in [0.1, 0.15) is 60.1 Å². The van der Waals surface area contributed by atoms with Crippen LogP contribution in [0, 0.1) is 22.9 Å². The number of pyridine rings is 1. The number of hydrogen-bond acceptors (Lipinski definition) is 4. The summed E-state index contributed by atoms with van der Waals surface area (Å²) in [6, 6.07) is 11.4. The first-order chi connectivity index (χ1) is 19.7. The number of methoxy groups -OCH3 is 1. The van der Waals surface area contributed by atoms with Gasteiger partial charge in [-0.25, -0.2) is 13.8 Å². The Hall–Kier alpha value is -3.53. The first-order valence-corrected chi connectivity index (χ1v) is 14.4. The van der Waals surface area contributed by atoms with E-state index in [2.05, 4.69) is 27.4 Å². The van der Waals surface area contributed by atoms with Gasteiger partial charge in [-0.3, -0.25) is 4.79 Å². The third kappa shape index (κ3) is 5.18. The number of imidazole rings is 1. The van der Waals surface area contributed by atoms with Crippen molar-refractivity contribution in [3.05, 3.63) is 93.6 Å². The van der Waals surface area contributed by atoms with E-state index in [9.17, 15) is 18.0 Å². The van der Waals surface area contributed by atoms with E-state index in [4.69, 9.17) is 14.5 Å². The average molecular weight is 628 g/mol. The number of ether oxygens (including phenoxy) is 2. The second-order valence-electron chi connectivity index (χ2n) is 11.2. The molecule has 41 heavy (non-hydrogen) atoms. The van der Waals surface area contributed by atoms with Gasteiger partial charge in [0.2, 0.25) is 5.82 Å². The molecule has 2 bridgehead atoms. The smallest absolute Gasteiger partial charge is 0.254 e. The number of rotatable bonds is 8. The van der Waals surface area contributed by atoms with E-state index in [1.165, 1.54) is 7.11 Å². The fraction of sp³-hybridized carbons (Fsp3) is 0.355. The van der Waals surface area contributed by atoms with Crippen molar-refractivity contribution >= 4 is 27.5 Å². The Balaban J connectivity index is 1.10. The van der Waals surface area contributed by atoms with Gasteiger partial charge in [0, 0.05) is 28.8 Å². The van der Waals surface area contributed by atoms with Gasteiger partial charge in [-0.05, 0) is 79.8 Å². The van der Waals surface area contributed by atoms with Gasteiger partial charge in [-0.1, -0.05) is 28.1 Å². The molecule has 10 heteroatoms. The van der Waals surface area contributed by atoms with Crippen LogP contribution in [0.3, 0.4) is 0 Å². The van der Waals surface area contributed by atoms with Crippen LogP contribution in [0.2, 0.25) is 0 Å². The Labute approximate surface area is 244 Å². The molecule has 3 fully saturated rings. The molecule has 0 atom stereocenters. The Morgan fingerprint density at radius 3 is 2.41 bits per heavy atom. The summed E-state index contributed by atoms with van der Waals surface area (Å²) in [5.41, 5.74) is 1.81. The molecule has 3 aliphatic carbocycles. The minimum Gasteiger partial charge on any atom is -0.497 e. The summed E-state index contributed by atoms with van der Waals surface area (Å²) in [6.45, 7) is 0.137. The summed E-state index contributed by atoms with van der Waals surface area (Å²) < 4.78 is 57.8. The molecule has 0 saturated heterocycles. The van der Waals surface area contributed by atoms with Crippen LogP contribution >= 0.6 is 15.9 Å². The topological polar surface area (TPSA) is 64.9 Å².